The van der Waals surface area contributed by atoms with E-state index in [1.165, 1.54) is 18.5 Å². The highest BCUT2D eigenvalue weighted by Crippen LogP contribution is 2.32. The van der Waals surface area contributed by atoms with Crippen LogP contribution in [0.15, 0.2) is 12.4 Å². The van der Waals surface area contributed by atoms with Crippen molar-refractivity contribution in [3.8, 4) is 0 Å². The third kappa shape index (κ3) is 2.02. The lowest BCUT2D eigenvalue weighted by molar-refractivity contribution is 0.446. The maximum atomic E-state index is 4.35. The summed E-state index contributed by atoms with van der Waals surface area (Å²) in [5, 5.41) is 3.27. The Bertz CT molecular complexity index is 369. The Kier molecular flexibility index (Phi) is 2.52. The molecule has 16 heavy (non-hydrogen) atoms. The second kappa shape index (κ2) is 4.01. The van der Waals surface area contributed by atoms with Crippen LogP contribution in [0.4, 0.5) is 5.82 Å². The van der Waals surface area contributed by atoms with Gasteiger partial charge in [-0.15, -0.1) is 0 Å². The van der Waals surface area contributed by atoms with Gasteiger partial charge in [0.1, 0.15) is 12.1 Å². The molecule has 1 saturated carbocycles. The van der Waals surface area contributed by atoms with Gasteiger partial charge in [-0.05, 0) is 32.2 Å². The number of hydrogen-bond acceptors (Lipinski definition) is 4. The lowest BCUT2D eigenvalue weighted by Crippen LogP contribution is -2.57. The Hall–Kier alpha value is -1.16. The molecule has 1 aliphatic heterocycles. The Morgan fingerprint density at radius 1 is 1.38 bits per heavy atom. The lowest BCUT2D eigenvalue weighted by atomic mass is 10.1. The van der Waals surface area contributed by atoms with E-state index >= 15 is 0 Å². The van der Waals surface area contributed by atoms with Crippen LogP contribution in [0.1, 0.15) is 18.5 Å². The second-order valence-corrected chi connectivity index (χ2v) is 4.91. The highest BCUT2D eigenvalue weighted by Gasteiger charge is 2.27. The van der Waals surface area contributed by atoms with E-state index in [0.29, 0.717) is 6.04 Å². The summed E-state index contributed by atoms with van der Waals surface area (Å²) in [4.78, 5) is 11.0. The van der Waals surface area contributed by atoms with Crippen molar-refractivity contribution >= 4 is 5.82 Å². The van der Waals surface area contributed by atoms with E-state index in [2.05, 4.69) is 26.3 Å². The predicted octanol–water partition coefficient (Wildman–Crippen LogP) is 0.837. The minimum absolute atomic E-state index is 0.627. The highest BCUT2D eigenvalue weighted by atomic mass is 15.3. The van der Waals surface area contributed by atoms with Gasteiger partial charge in [0, 0.05) is 30.9 Å². The molecule has 1 N–H and O–H groups in total. The molecule has 0 aromatic carbocycles. The first-order chi connectivity index (χ1) is 7.85. The maximum Gasteiger partial charge on any atom is 0.132 e. The molecule has 1 aromatic rings. The van der Waals surface area contributed by atoms with Crippen LogP contribution in [-0.2, 0) is 6.42 Å². The average molecular weight is 218 g/mol. The third-order valence-corrected chi connectivity index (χ3v) is 3.52. The molecule has 0 bridgehead atoms. The van der Waals surface area contributed by atoms with E-state index in [4.69, 9.17) is 0 Å². The molecule has 1 saturated heterocycles. The van der Waals surface area contributed by atoms with Crippen LogP contribution in [0.25, 0.3) is 0 Å². The Balaban J connectivity index is 1.65. The average Bonchev–Trinajstić information content (AvgIpc) is 3.01. The highest BCUT2D eigenvalue weighted by molar-refractivity contribution is 5.43. The summed E-state index contributed by atoms with van der Waals surface area (Å²) in [6.07, 6.45) is 5.61. The van der Waals surface area contributed by atoms with E-state index in [-0.39, 0.29) is 0 Å². The molecule has 2 aliphatic rings. The molecule has 0 atom stereocenters. The number of aromatic nitrogens is 2. The van der Waals surface area contributed by atoms with Crippen molar-refractivity contribution < 1.29 is 0 Å². The van der Waals surface area contributed by atoms with Gasteiger partial charge in [-0.25, -0.2) is 9.97 Å². The number of nitrogens with zero attached hydrogens (tertiary/aromatic N) is 3. The van der Waals surface area contributed by atoms with Gasteiger partial charge in [-0.1, -0.05) is 0 Å². The van der Waals surface area contributed by atoms with Crippen LogP contribution < -0.4 is 10.2 Å². The molecule has 3 rings (SSSR count). The summed E-state index contributed by atoms with van der Waals surface area (Å²) in [6.45, 7) is 2.13. The van der Waals surface area contributed by atoms with Gasteiger partial charge in [-0.3, -0.25) is 0 Å². The van der Waals surface area contributed by atoms with Gasteiger partial charge in [0.25, 0.3) is 0 Å². The molecule has 1 aromatic heterocycles. The van der Waals surface area contributed by atoms with Gasteiger partial charge < -0.3 is 10.2 Å². The summed E-state index contributed by atoms with van der Waals surface area (Å²) in [6, 6.07) is 2.78. The number of rotatable bonds is 4. The Morgan fingerprint density at radius 3 is 2.88 bits per heavy atom. The number of nitrogens with one attached hydrogen (secondary N) is 1. The van der Waals surface area contributed by atoms with Gasteiger partial charge >= 0.3 is 0 Å². The monoisotopic (exact) mass is 218 g/mol. The lowest BCUT2D eigenvalue weighted by Gasteiger charge is -2.39. The van der Waals surface area contributed by atoms with Crippen molar-refractivity contribution in [3.05, 3.63) is 18.1 Å². The summed E-state index contributed by atoms with van der Waals surface area (Å²) in [7, 11) is 2.01. The minimum Gasteiger partial charge on any atom is -0.353 e. The fourth-order valence-electron chi connectivity index (χ4n) is 2.14. The van der Waals surface area contributed by atoms with Crippen molar-refractivity contribution in [2.75, 3.05) is 25.0 Å². The molecule has 2 heterocycles. The fraction of sp³-hybridized carbons (Fsp3) is 0.667. The van der Waals surface area contributed by atoms with E-state index in [1.54, 1.807) is 6.33 Å². The van der Waals surface area contributed by atoms with E-state index < -0.39 is 0 Å². The van der Waals surface area contributed by atoms with Crippen molar-refractivity contribution in [1.82, 2.24) is 15.3 Å². The van der Waals surface area contributed by atoms with E-state index in [9.17, 15) is 0 Å². The van der Waals surface area contributed by atoms with Crippen LogP contribution in [0.5, 0.6) is 0 Å². The summed E-state index contributed by atoms with van der Waals surface area (Å²) >= 11 is 0. The molecular weight excluding hydrogens is 200 g/mol. The number of anilines is 1. The Labute approximate surface area is 96.1 Å². The standard InChI is InChI=1S/C12H18N4/c1-13-11-6-16(7-11)12-5-10(14-8-15-12)4-9-2-3-9/h5,8-9,11,13H,2-4,6-7H2,1H3. The summed E-state index contributed by atoms with van der Waals surface area (Å²) in [5.41, 5.74) is 1.21. The van der Waals surface area contributed by atoms with Crippen LogP contribution in [0, 0.1) is 5.92 Å². The normalized spacial score (nSPS) is 20.9. The van der Waals surface area contributed by atoms with Crippen LogP contribution in [0.2, 0.25) is 0 Å². The minimum atomic E-state index is 0.627. The quantitative estimate of drug-likeness (QED) is 0.813. The molecule has 0 amide bonds. The van der Waals surface area contributed by atoms with Gasteiger partial charge in [-0.2, -0.15) is 0 Å². The molecule has 2 fully saturated rings. The fourth-order valence-corrected chi connectivity index (χ4v) is 2.14. The molecule has 1 aliphatic carbocycles. The molecule has 0 unspecified atom stereocenters. The number of likely N-dealkylation sites (N-methyl/N-ethyl adjacent to an activating group) is 1. The molecule has 0 radical (unpaired) electrons. The van der Waals surface area contributed by atoms with Crippen LogP contribution >= 0.6 is 0 Å². The first kappa shape index (κ1) is 10.0. The smallest absolute Gasteiger partial charge is 0.132 e. The van der Waals surface area contributed by atoms with Crippen LogP contribution in [-0.4, -0.2) is 36.1 Å². The topological polar surface area (TPSA) is 41.0 Å². The first-order valence-electron chi connectivity index (χ1n) is 6.08. The van der Waals surface area contributed by atoms with E-state index in [1.807, 2.05) is 7.05 Å². The summed E-state index contributed by atoms with van der Waals surface area (Å²) in [5.74, 6) is 1.99. The van der Waals surface area contributed by atoms with Crippen molar-refractivity contribution in [3.63, 3.8) is 0 Å². The van der Waals surface area contributed by atoms with Gasteiger partial charge in [0.05, 0.1) is 0 Å². The zero-order chi connectivity index (χ0) is 11.0. The zero-order valence-corrected chi connectivity index (χ0v) is 9.69. The van der Waals surface area contributed by atoms with Gasteiger partial charge in [0.2, 0.25) is 0 Å². The molecule has 4 heteroatoms. The third-order valence-electron chi connectivity index (χ3n) is 3.52. The van der Waals surface area contributed by atoms with Gasteiger partial charge in [0.15, 0.2) is 0 Å². The predicted molar refractivity (Wildman–Crippen MR) is 63.5 cm³/mol. The van der Waals surface area contributed by atoms with Crippen molar-refractivity contribution in [2.45, 2.75) is 25.3 Å². The second-order valence-electron chi connectivity index (χ2n) is 4.91. The van der Waals surface area contributed by atoms with E-state index in [0.717, 1.165) is 31.2 Å². The largest absolute Gasteiger partial charge is 0.353 e. The van der Waals surface area contributed by atoms with Crippen molar-refractivity contribution in [2.24, 2.45) is 5.92 Å². The zero-order valence-electron chi connectivity index (χ0n) is 9.69. The molecular formula is C12H18N4. The summed E-state index contributed by atoms with van der Waals surface area (Å²) < 4.78 is 0. The van der Waals surface area contributed by atoms with Crippen molar-refractivity contribution in [1.29, 1.82) is 0 Å². The Morgan fingerprint density at radius 2 is 2.19 bits per heavy atom. The first-order valence-corrected chi connectivity index (χ1v) is 6.08. The molecule has 4 nitrogen and oxygen atoms in total. The number of hydrogen-bond donors (Lipinski definition) is 1. The maximum absolute atomic E-state index is 4.35. The molecule has 86 valence electrons. The van der Waals surface area contributed by atoms with Crippen LogP contribution in [0.3, 0.4) is 0 Å². The molecule has 0 spiro atoms. The SMILES string of the molecule is CNC1CN(c2cc(CC3CC3)ncn2)C1.